The molecule has 0 radical (unpaired) electrons. The Kier molecular flexibility index (Phi) is 4.61. The van der Waals surface area contributed by atoms with Gasteiger partial charge in [-0.25, -0.2) is 0 Å². The van der Waals surface area contributed by atoms with E-state index in [-0.39, 0.29) is 5.91 Å². The monoisotopic (exact) mass is 234 g/mol. The van der Waals surface area contributed by atoms with Gasteiger partial charge in [0.15, 0.2) is 11.0 Å². The molecule has 2 N–H and O–H groups in total. The average Bonchev–Trinajstić information content (AvgIpc) is 2.52. The second-order valence-electron chi connectivity index (χ2n) is 2.53. The topological polar surface area (TPSA) is 66.9 Å². The van der Waals surface area contributed by atoms with E-state index in [9.17, 15) is 4.79 Å². The van der Waals surface area contributed by atoms with Crippen LogP contribution in [-0.2, 0) is 4.79 Å². The molecule has 1 aromatic heterocycles. The van der Waals surface area contributed by atoms with Crippen molar-refractivity contribution in [1.82, 2.24) is 14.1 Å². The fourth-order valence-electron chi connectivity index (χ4n) is 0.863. The normalized spacial score (nSPS) is 9.86. The van der Waals surface area contributed by atoms with Gasteiger partial charge in [-0.15, -0.1) is 0 Å². The highest BCUT2D eigenvalue weighted by molar-refractivity contribution is 6.99. The minimum atomic E-state index is 0.0133. The molecule has 0 spiro atoms. The van der Waals surface area contributed by atoms with Crippen molar-refractivity contribution in [2.24, 2.45) is 0 Å². The molecule has 0 aromatic carbocycles. The van der Waals surface area contributed by atoms with Crippen LogP contribution in [0.5, 0.6) is 0 Å². The van der Waals surface area contributed by atoms with E-state index in [1.165, 1.54) is 0 Å². The SMILES string of the molecule is CCNC(=O)CCNc1nsnc1Cl. The second-order valence-corrected chi connectivity index (χ2v) is 3.42. The lowest BCUT2D eigenvalue weighted by Gasteiger charge is -2.02. The van der Waals surface area contributed by atoms with Gasteiger partial charge in [0.2, 0.25) is 5.91 Å². The maximum absolute atomic E-state index is 11.0. The van der Waals surface area contributed by atoms with E-state index in [0.29, 0.717) is 30.5 Å². The summed E-state index contributed by atoms with van der Waals surface area (Å²) in [5.74, 6) is 0.556. The first-order valence-electron chi connectivity index (χ1n) is 4.22. The summed E-state index contributed by atoms with van der Waals surface area (Å²) < 4.78 is 7.70. The van der Waals surface area contributed by atoms with Crippen molar-refractivity contribution in [1.29, 1.82) is 0 Å². The molecule has 0 saturated carbocycles. The molecule has 5 nitrogen and oxygen atoms in total. The summed E-state index contributed by atoms with van der Waals surface area (Å²) >= 11 is 6.73. The van der Waals surface area contributed by atoms with Crippen LogP contribution < -0.4 is 10.6 Å². The van der Waals surface area contributed by atoms with Crippen molar-refractivity contribution in [2.45, 2.75) is 13.3 Å². The fourth-order valence-corrected chi connectivity index (χ4v) is 1.55. The minimum Gasteiger partial charge on any atom is -0.366 e. The van der Waals surface area contributed by atoms with E-state index in [2.05, 4.69) is 19.4 Å². The van der Waals surface area contributed by atoms with Gasteiger partial charge in [-0.3, -0.25) is 4.79 Å². The van der Waals surface area contributed by atoms with Crippen molar-refractivity contribution < 1.29 is 4.79 Å². The first-order chi connectivity index (χ1) is 6.74. The molecule has 0 aliphatic carbocycles. The van der Waals surface area contributed by atoms with Crippen LogP contribution in [0.4, 0.5) is 5.82 Å². The van der Waals surface area contributed by atoms with Crippen molar-refractivity contribution in [3.8, 4) is 0 Å². The number of nitrogens with zero attached hydrogens (tertiary/aromatic N) is 2. The number of hydrogen-bond donors (Lipinski definition) is 2. The molecular formula is C7H11ClN4OS. The van der Waals surface area contributed by atoms with E-state index < -0.39 is 0 Å². The van der Waals surface area contributed by atoms with Crippen LogP contribution in [0.3, 0.4) is 0 Å². The molecule has 0 bridgehead atoms. The largest absolute Gasteiger partial charge is 0.366 e. The number of nitrogens with one attached hydrogen (secondary N) is 2. The first-order valence-corrected chi connectivity index (χ1v) is 5.33. The number of carbonyl (C=O) groups is 1. The van der Waals surface area contributed by atoms with Crippen LogP contribution in [0.25, 0.3) is 0 Å². The molecule has 0 aliphatic heterocycles. The number of hydrogen-bond acceptors (Lipinski definition) is 5. The predicted octanol–water partition coefficient (Wildman–Crippen LogP) is 1.13. The zero-order valence-corrected chi connectivity index (χ0v) is 9.28. The maximum atomic E-state index is 11.0. The van der Waals surface area contributed by atoms with Gasteiger partial charge in [0.05, 0.1) is 11.7 Å². The molecule has 1 heterocycles. The fraction of sp³-hybridized carbons (Fsp3) is 0.571. The quantitative estimate of drug-likeness (QED) is 0.802. The predicted molar refractivity (Wildman–Crippen MR) is 56.7 cm³/mol. The third-order valence-electron chi connectivity index (χ3n) is 1.47. The van der Waals surface area contributed by atoms with E-state index in [0.717, 1.165) is 11.7 Å². The van der Waals surface area contributed by atoms with Gasteiger partial charge in [0.25, 0.3) is 0 Å². The summed E-state index contributed by atoms with van der Waals surface area (Å²) in [6.07, 6.45) is 0.404. The standard InChI is InChI=1S/C7H11ClN4OS/c1-2-9-5(13)3-4-10-7-6(8)11-14-12-7/h2-4H2,1H3,(H,9,13)(H,10,12). The number of carbonyl (C=O) groups excluding carboxylic acids is 1. The van der Waals surface area contributed by atoms with Crippen LogP contribution in [0.1, 0.15) is 13.3 Å². The van der Waals surface area contributed by atoms with E-state index >= 15 is 0 Å². The summed E-state index contributed by atoms with van der Waals surface area (Å²) in [5, 5.41) is 5.97. The highest BCUT2D eigenvalue weighted by Gasteiger charge is 2.04. The molecule has 78 valence electrons. The summed E-state index contributed by atoms with van der Waals surface area (Å²) in [6, 6.07) is 0. The van der Waals surface area contributed by atoms with E-state index in [1.54, 1.807) is 0 Å². The van der Waals surface area contributed by atoms with Gasteiger partial charge in [-0.1, -0.05) is 11.6 Å². The van der Waals surface area contributed by atoms with E-state index in [1.807, 2.05) is 6.92 Å². The molecule has 7 heteroatoms. The van der Waals surface area contributed by atoms with Crippen molar-refractivity contribution in [3.05, 3.63) is 5.15 Å². The Morgan fingerprint density at radius 1 is 1.57 bits per heavy atom. The Bertz CT molecular complexity index is 304. The molecule has 0 unspecified atom stereocenters. The zero-order valence-electron chi connectivity index (χ0n) is 7.71. The Morgan fingerprint density at radius 3 is 2.93 bits per heavy atom. The molecule has 0 aliphatic rings. The highest BCUT2D eigenvalue weighted by atomic mass is 35.5. The number of anilines is 1. The zero-order chi connectivity index (χ0) is 10.4. The van der Waals surface area contributed by atoms with Crippen molar-refractivity contribution in [2.75, 3.05) is 18.4 Å². The van der Waals surface area contributed by atoms with Gasteiger partial charge in [0.1, 0.15) is 0 Å². The third-order valence-corrected chi connectivity index (χ3v) is 2.36. The lowest BCUT2D eigenvalue weighted by molar-refractivity contribution is -0.120. The van der Waals surface area contributed by atoms with Gasteiger partial charge in [0, 0.05) is 19.5 Å². The van der Waals surface area contributed by atoms with Gasteiger partial charge in [-0.05, 0) is 6.92 Å². The van der Waals surface area contributed by atoms with E-state index in [4.69, 9.17) is 11.6 Å². The van der Waals surface area contributed by atoms with Crippen LogP contribution in [0.2, 0.25) is 5.15 Å². The van der Waals surface area contributed by atoms with Gasteiger partial charge in [-0.2, -0.15) is 8.75 Å². The molecule has 14 heavy (non-hydrogen) atoms. The molecular weight excluding hydrogens is 224 g/mol. The number of halogens is 1. The number of rotatable bonds is 5. The Balaban J connectivity index is 2.22. The molecule has 1 aromatic rings. The molecule has 0 atom stereocenters. The Labute approximate surface area is 91.2 Å². The van der Waals surface area contributed by atoms with Crippen LogP contribution >= 0.6 is 23.3 Å². The summed E-state index contributed by atoms with van der Waals surface area (Å²) in [6.45, 7) is 3.04. The minimum absolute atomic E-state index is 0.0133. The smallest absolute Gasteiger partial charge is 0.221 e. The Morgan fingerprint density at radius 2 is 2.36 bits per heavy atom. The first kappa shape index (κ1) is 11.2. The third kappa shape index (κ3) is 3.47. The van der Waals surface area contributed by atoms with Gasteiger partial charge < -0.3 is 10.6 Å². The maximum Gasteiger partial charge on any atom is 0.221 e. The number of amides is 1. The summed E-state index contributed by atoms with van der Waals surface area (Å²) in [4.78, 5) is 11.0. The molecule has 1 rings (SSSR count). The highest BCUT2D eigenvalue weighted by Crippen LogP contribution is 2.17. The lowest BCUT2D eigenvalue weighted by Crippen LogP contribution is -2.24. The Hall–Kier alpha value is -0.880. The molecule has 1 amide bonds. The summed E-state index contributed by atoms with van der Waals surface area (Å²) in [7, 11) is 0. The van der Waals surface area contributed by atoms with Crippen LogP contribution in [-0.4, -0.2) is 27.7 Å². The molecule has 0 saturated heterocycles. The lowest BCUT2D eigenvalue weighted by atomic mass is 10.4. The van der Waals surface area contributed by atoms with Gasteiger partial charge >= 0.3 is 0 Å². The summed E-state index contributed by atoms with van der Waals surface area (Å²) in [5.41, 5.74) is 0. The van der Waals surface area contributed by atoms with Crippen molar-refractivity contribution >= 4 is 35.1 Å². The average molecular weight is 235 g/mol. The van der Waals surface area contributed by atoms with Crippen LogP contribution in [0, 0.1) is 0 Å². The number of aromatic nitrogens is 2. The second kappa shape index (κ2) is 5.77. The van der Waals surface area contributed by atoms with Crippen molar-refractivity contribution in [3.63, 3.8) is 0 Å². The van der Waals surface area contributed by atoms with Crippen LogP contribution in [0.15, 0.2) is 0 Å². The molecule has 0 fully saturated rings.